The van der Waals surface area contributed by atoms with Crippen LogP contribution in [0.5, 0.6) is 5.75 Å². The maximum atomic E-state index is 9.95. The number of imidazole rings is 1. The number of aromatic nitrogens is 2. The number of phenolic OH excluding ortho intramolecular Hbond substituents is 1. The van der Waals surface area contributed by atoms with Crippen molar-refractivity contribution in [2.45, 2.75) is 6.92 Å². The van der Waals surface area contributed by atoms with Crippen LogP contribution < -0.4 is 5.32 Å². The predicted octanol–water partition coefficient (Wildman–Crippen LogP) is 3.06. The van der Waals surface area contributed by atoms with Gasteiger partial charge in [0.15, 0.2) is 0 Å². The summed E-state index contributed by atoms with van der Waals surface area (Å²) in [5, 5.41) is 13.0. The highest BCUT2D eigenvalue weighted by Crippen LogP contribution is 2.29. The van der Waals surface area contributed by atoms with Gasteiger partial charge in [-0.25, -0.2) is 4.98 Å². The summed E-state index contributed by atoms with van der Waals surface area (Å²) < 4.78 is 1.94. The predicted molar refractivity (Wildman–Crippen MR) is 76.6 cm³/mol. The van der Waals surface area contributed by atoms with Crippen LogP contribution in [-0.4, -0.2) is 21.5 Å². The Morgan fingerprint density at radius 3 is 2.84 bits per heavy atom. The van der Waals surface area contributed by atoms with Gasteiger partial charge in [-0.15, -0.1) is 0 Å². The molecular formula is C15H15N3O. The van der Waals surface area contributed by atoms with Crippen LogP contribution in [-0.2, 0) is 0 Å². The van der Waals surface area contributed by atoms with E-state index in [2.05, 4.69) is 10.3 Å². The zero-order valence-electron chi connectivity index (χ0n) is 10.9. The molecule has 19 heavy (non-hydrogen) atoms. The van der Waals surface area contributed by atoms with E-state index in [0.29, 0.717) is 0 Å². The Balaban J connectivity index is 2.17. The molecule has 0 aliphatic heterocycles. The fourth-order valence-corrected chi connectivity index (χ4v) is 2.12. The van der Waals surface area contributed by atoms with Crippen LogP contribution in [0.15, 0.2) is 42.7 Å². The molecule has 2 aromatic heterocycles. The van der Waals surface area contributed by atoms with Gasteiger partial charge in [0.2, 0.25) is 0 Å². The number of aryl methyl sites for hydroxylation is 1. The summed E-state index contributed by atoms with van der Waals surface area (Å²) in [6.07, 6.45) is 3.87. The zero-order chi connectivity index (χ0) is 13.4. The topological polar surface area (TPSA) is 49.6 Å². The van der Waals surface area contributed by atoms with E-state index in [0.717, 1.165) is 28.2 Å². The Morgan fingerprint density at radius 2 is 2.05 bits per heavy atom. The molecule has 0 atom stereocenters. The molecule has 2 N–H and O–H groups in total. The largest absolute Gasteiger partial charge is 0.507 e. The van der Waals surface area contributed by atoms with Gasteiger partial charge in [-0.05, 0) is 25.1 Å². The molecule has 0 bridgehead atoms. The molecule has 0 fully saturated rings. The highest BCUT2D eigenvalue weighted by Gasteiger charge is 2.09. The van der Waals surface area contributed by atoms with Crippen molar-refractivity contribution in [3.8, 4) is 17.0 Å². The van der Waals surface area contributed by atoms with E-state index in [9.17, 15) is 5.11 Å². The first-order valence-electron chi connectivity index (χ1n) is 6.14. The molecule has 0 radical (unpaired) electrons. The molecule has 0 saturated carbocycles. The molecule has 0 aliphatic rings. The van der Waals surface area contributed by atoms with Crippen molar-refractivity contribution in [2.24, 2.45) is 0 Å². The molecule has 0 saturated heterocycles. The lowest BCUT2D eigenvalue weighted by atomic mass is 10.1. The summed E-state index contributed by atoms with van der Waals surface area (Å²) in [4.78, 5) is 4.56. The summed E-state index contributed by atoms with van der Waals surface area (Å²) >= 11 is 0. The lowest BCUT2D eigenvalue weighted by Gasteiger charge is -2.01. The van der Waals surface area contributed by atoms with E-state index in [-0.39, 0.29) is 5.75 Å². The van der Waals surface area contributed by atoms with Crippen LogP contribution in [0.25, 0.3) is 16.9 Å². The van der Waals surface area contributed by atoms with Crippen LogP contribution in [0.3, 0.4) is 0 Å². The Hall–Kier alpha value is -2.49. The minimum atomic E-state index is 0.253. The van der Waals surface area contributed by atoms with Gasteiger partial charge in [-0.1, -0.05) is 11.6 Å². The fraction of sp³-hybridized carbons (Fsp3) is 0.133. The van der Waals surface area contributed by atoms with Gasteiger partial charge in [0.05, 0.1) is 5.69 Å². The van der Waals surface area contributed by atoms with Crippen molar-refractivity contribution >= 4 is 11.3 Å². The van der Waals surface area contributed by atoms with Crippen molar-refractivity contribution in [3.05, 3.63) is 48.3 Å². The van der Waals surface area contributed by atoms with Crippen LogP contribution in [0.1, 0.15) is 5.56 Å². The number of phenols is 1. The highest BCUT2D eigenvalue weighted by atomic mass is 16.3. The van der Waals surface area contributed by atoms with Crippen molar-refractivity contribution in [1.29, 1.82) is 0 Å². The Labute approximate surface area is 111 Å². The number of anilines is 1. The number of nitrogens with one attached hydrogen (secondary N) is 1. The number of pyridine rings is 1. The van der Waals surface area contributed by atoms with Gasteiger partial charge >= 0.3 is 0 Å². The third kappa shape index (κ3) is 2.01. The standard InChI is InChI=1S/C15H15N3O/c1-10-3-4-14(19)12(7-10)13-9-18-6-5-11(16-2)8-15(18)17-13/h3-9,16,19H,1-2H3. The molecule has 96 valence electrons. The molecule has 4 nitrogen and oxygen atoms in total. The monoisotopic (exact) mass is 253 g/mol. The summed E-state index contributed by atoms with van der Waals surface area (Å²) in [5.74, 6) is 0.253. The average Bonchev–Trinajstić information content (AvgIpc) is 2.83. The fourth-order valence-electron chi connectivity index (χ4n) is 2.12. The molecule has 0 amide bonds. The molecule has 4 heteroatoms. The van der Waals surface area contributed by atoms with Crippen molar-refractivity contribution in [2.75, 3.05) is 12.4 Å². The second-order valence-corrected chi connectivity index (χ2v) is 4.58. The first kappa shape index (κ1) is 11.6. The minimum absolute atomic E-state index is 0.253. The molecule has 0 spiro atoms. The van der Waals surface area contributed by atoms with E-state index >= 15 is 0 Å². The number of rotatable bonds is 2. The van der Waals surface area contributed by atoms with Gasteiger partial charge < -0.3 is 14.8 Å². The Morgan fingerprint density at radius 1 is 1.21 bits per heavy atom. The lowest BCUT2D eigenvalue weighted by Crippen LogP contribution is -1.89. The Bertz CT molecular complexity index is 746. The van der Waals surface area contributed by atoms with Crippen molar-refractivity contribution in [1.82, 2.24) is 9.38 Å². The summed E-state index contributed by atoms with van der Waals surface area (Å²) in [7, 11) is 1.88. The van der Waals surface area contributed by atoms with Crippen LogP contribution in [0, 0.1) is 6.92 Å². The van der Waals surface area contributed by atoms with E-state index < -0.39 is 0 Å². The average molecular weight is 253 g/mol. The summed E-state index contributed by atoms with van der Waals surface area (Å²) in [6.45, 7) is 2.00. The van der Waals surface area contributed by atoms with E-state index in [1.54, 1.807) is 6.07 Å². The van der Waals surface area contributed by atoms with Crippen molar-refractivity contribution in [3.63, 3.8) is 0 Å². The smallest absolute Gasteiger partial charge is 0.139 e. The normalized spacial score (nSPS) is 10.8. The van der Waals surface area contributed by atoms with Crippen molar-refractivity contribution < 1.29 is 5.11 Å². The van der Waals surface area contributed by atoms with Gasteiger partial charge in [0.25, 0.3) is 0 Å². The molecule has 0 unspecified atom stereocenters. The van der Waals surface area contributed by atoms with Gasteiger partial charge in [0.1, 0.15) is 11.4 Å². The molecule has 1 aromatic carbocycles. The first-order chi connectivity index (χ1) is 9.17. The number of hydrogen-bond acceptors (Lipinski definition) is 3. The number of fused-ring (bicyclic) bond motifs is 1. The van der Waals surface area contributed by atoms with Crippen LogP contribution >= 0.6 is 0 Å². The molecule has 0 aliphatic carbocycles. The third-order valence-electron chi connectivity index (χ3n) is 3.18. The van der Waals surface area contributed by atoms with E-state index in [1.165, 1.54) is 0 Å². The first-order valence-corrected chi connectivity index (χ1v) is 6.14. The molecule has 2 heterocycles. The number of benzene rings is 1. The highest BCUT2D eigenvalue weighted by molar-refractivity contribution is 5.70. The van der Waals surface area contributed by atoms with E-state index in [1.807, 2.05) is 55.0 Å². The van der Waals surface area contributed by atoms with Crippen LogP contribution in [0.2, 0.25) is 0 Å². The Kier molecular flexibility index (Phi) is 2.63. The minimum Gasteiger partial charge on any atom is -0.507 e. The molecule has 3 rings (SSSR count). The summed E-state index contributed by atoms with van der Waals surface area (Å²) in [5.41, 5.74) is 4.49. The maximum Gasteiger partial charge on any atom is 0.139 e. The lowest BCUT2D eigenvalue weighted by molar-refractivity contribution is 0.477. The van der Waals surface area contributed by atoms with Gasteiger partial charge in [0, 0.05) is 36.8 Å². The quantitative estimate of drug-likeness (QED) is 0.738. The second-order valence-electron chi connectivity index (χ2n) is 4.58. The SMILES string of the molecule is CNc1ccn2cc(-c3cc(C)ccc3O)nc2c1. The van der Waals surface area contributed by atoms with Gasteiger partial charge in [-0.3, -0.25) is 0 Å². The van der Waals surface area contributed by atoms with E-state index in [4.69, 9.17) is 0 Å². The van der Waals surface area contributed by atoms with Crippen LogP contribution in [0.4, 0.5) is 5.69 Å². The molecule has 3 aromatic rings. The number of aromatic hydroxyl groups is 1. The zero-order valence-corrected chi connectivity index (χ0v) is 10.9. The molecular weight excluding hydrogens is 238 g/mol. The number of hydrogen-bond donors (Lipinski definition) is 2. The summed E-state index contributed by atoms with van der Waals surface area (Å²) in [6, 6.07) is 9.47. The third-order valence-corrected chi connectivity index (χ3v) is 3.18. The number of nitrogens with zero attached hydrogens (tertiary/aromatic N) is 2. The maximum absolute atomic E-state index is 9.95. The second kappa shape index (κ2) is 4.31. The van der Waals surface area contributed by atoms with Gasteiger partial charge in [-0.2, -0.15) is 0 Å².